The van der Waals surface area contributed by atoms with E-state index in [1.807, 2.05) is 6.07 Å². The first-order valence-electron chi connectivity index (χ1n) is 15.6. The second-order valence-corrected chi connectivity index (χ2v) is 11.3. The second-order valence-electron chi connectivity index (χ2n) is 11.3. The minimum atomic E-state index is 1.03. The fraction of sp³-hybridized carbons (Fsp3) is 0.0952. The van der Waals surface area contributed by atoms with Crippen molar-refractivity contribution in [2.45, 2.75) is 26.7 Å². The topological polar surface area (TPSA) is 8.17 Å². The van der Waals surface area contributed by atoms with Crippen LogP contribution in [0.4, 0.5) is 17.1 Å². The average Bonchev–Trinajstić information content (AvgIpc) is 3.42. The van der Waals surface area contributed by atoms with Gasteiger partial charge >= 0.3 is 0 Å². The third-order valence-corrected chi connectivity index (χ3v) is 8.51. The van der Waals surface area contributed by atoms with Crippen LogP contribution in [0.5, 0.6) is 0 Å². The Kier molecular flexibility index (Phi) is 7.56. The maximum atomic E-state index is 2.41. The van der Waals surface area contributed by atoms with Crippen LogP contribution in [0.1, 0.15) is 36.1 Å². The fourth-order valence-electron chi connectivity index (χ4n) is 6.10. The van der Waals surface area contributed by atoms with E-state index in [0.717, 1.165) is 35.6 Å². The Bertz CT molecular complexity index is 1990. The van der Waals surface area contributed by atoms with Gasteiger partial charge < -0.3 is 9.47 Å². The summed E-state index contributed by atoms with van der Waals surface area (Å²) in [5.41, 5.74) is 12.1. The van der Waals surface area contributed by atoms with Crippen molar-refractivity contribution in [1.29, 1.82) is 0 Å². The molecule has 0 aliphatic carbocycles. The predicted octanol–water partition coefficient (Wildman–Crippen LogP) is 11.5. The van der Waals surface area contributed by atoms with E-state index in [1.165, 1.54) is 44.1 Å². The monoisotopic (exact) mass is 568 g/mol. The number of aromatic nitrogens is 1. The zero-order valence-corrected chi connectivity index (χ0v) is 25.3. The van der Waals surface area contributed by atoms with E-state index >= 15 is 0 Å². The molecule has 0 bridgehead atoms. The van der Waals surface area contributed by atoms with Gasteiger partial charge in [-0.15, -0.1) is 0 Å². The molecule has 1 heterocycles. The normalized spacial score (nSPS) is 11.5. The summed E-state index contributed by atoms with van der Waals surface area (Å²) in [7, 11) is 0. The molecule has 0 N–H and O–H groups in total. The third kappa shape index (κ3) is 5.31. The minimum Gasteiger partial charge on any atom is -0.311 e. The molecule has 7 aromatic rings. The molecule has 2 nitrogen and oxygen atoms in total. The standard InChI is InChI=1S/C42H36N2/c1-3-31-19-27-41-39(29-31)40-30-32(4-2)20-28-42(40)44(41)38-25-23-37(24-26-38)43(35-13-9-6-10-14-35)36-21-17-34(18-22-36)16-15-33-11-7-5-8-12-33/h5-30H,3-4H2,1-2H3/b16-15+. The summed E-state index contributed by atoms with van der Waals surface area (Å²) in [6, 6.07) is 52.6. The number of rotatable bonds is 8. The highest BCUT2D eigenvalue weighted by Gasteiger charge is 2.16. The number of aryl methyl sites for hydroxylation is 2. The summed E-state index contributed by atoms with van der Waals surface area (Å²) in [5.74, 6) is 0. The van der Waals surface area contributed by atoms with Gasteiger partial charge in [0, 0.05) is 33.5 Å². The zero-order valence-electron chi connectivity index (χ0n) is 25.3. The van der Waals surface area contributed by atoms with E-state index in [1.54, 1.807) is 0 Å². The van der Waals surface area contributed by atoms with Crippen LogP contribution < -0.4 is 4.90 Å². The molecular weight excluding hydrogens is 532 g/mol. The molecule has 0 saturated heterocycles. The molecule has 0 amide bonds. The minimum absolute atomic E-state index is 1.03. The molecule has 0 saturated carbocycles. The Labute approximate surface area is 260 Å². The van der Waals surface area contributed by atoms with Gasteiger partial charge in [-0.2, -0.15) is 0 Å². The second kappa shape index (κ2) is 12.1. The predicted molar refractivity (Wildman–Crippen MR) is 190 cm³/mol. The SMILES string of the molecule is CCc1ccc2c(c1)c1cc(CC)ccc1n2-c1ccc(N(c2ccccc2)c2ccc(/C=C/c3ccccc3)cc2)cc1. The molecule has 0 spiro atoms. The Morgan fingerprint density at radius 3 is 1.45 bits per heavy atom. The quantitative estimate of drug-likeness (QED) is 0.166. The van der Waals surface area contributed by atoms with E-state index in [-0.39, 0.29) is 0 Å². The van der Waals surface area contributed by atoms with E-state index in [2.05, 4.69) is 175 Å². The van der Waals surface area contributed by atoms with Gasteiger partial charge in [0.15, 0.2) is 0 Å². The van der Waals surface area contributed by atoms with Crippen molar-refractivity contribution in [2.24, 2.45) is 0 Å². The maximum absolute atomic E-state index is 2.41. The largest absolute Gasteiger partial charge is 0.311 e. The highest BCUT2D eigenvalue weighted by atomic mass is 15.1. The summed E-state index contributed by atoms with van der Waals surface area (Å²) >= 11 is 0. The van der Waals surface area contributed by atoms with Gasteiger partial charge in [0.1, 0.15) is 0 Å². The maximum Gasteiger partial charge on any atom is 0.0541 e. The summed E-state index contributed by atoms with van der Waals surface area (Å²) < 4.78 is 2.41. The molecule has 6 aromatic carbocycles. The van der Waals surface area contributed by atoms with Crippen molar-refractivity contribution in [3.63, 3.8) is 0 Å². The summed E-state index contributed by atoms with van der Waals surface area (Å²) in [5, 5.41) is 2.65. The summed E-state index contributed by atoms with van der Waals surface area (Å²) in [4.78, 5) is 2.32. The van der Waals surface area contributed by atoms with Crippen LogP contribution in [0.25, 0.3) is 39.6 Å². The molecule has 0 aliphatic heterocycles. The molecule has 214 valence electrons. The number of nitrogens with zero attached hydrogens (tertiary/aromatic N) is 2. The van der Waals surface area contributed by atoms with Gasteiger partial charge in [0.2, 0.25) is 0 Å². The van der Waals surface area contributed by atoms with E-state index < -0.39 is 0 Å². The van der Waals surface area contributed by atoms with Gasteiger partial charge in [-0.1, -0.05) is 98.8 Å². The van der Waals surface area contributed by atoms with Crippen LogP contribution in [-0.4, -0.2) is 4.57 Å². The highest BCUT2D eigenvalue weighted by Crippen LogP contribution is 2.37. The van der Waals surface area contributed by atoms with Gasteiger partial charge in [-0.05, 0) is 108 Å². The van der Waals surface area contributed by atoms with E-state index in [4.69, 9.17) is 0 Å². The molecule has 0 fully saturated rings. The van der Waals surface area contributed by atoms with Crippen LogP contribution in [0.2, 0.25) is 0 Å². The molecule has 1 aromatic heterocycles. The summed E-state index contributed by atoms with van der Waals surface area (Å²) in [6.07, 6.45) is 6.39. The van der Waals surface area contributed by atoms with Crippen molar-refractivity contribution in [3.8, 4) is 5.69 Å². The van der Waals surface area contributed by atoms with Crippen molar-refractivity contribution < 1.29 is 0 Å². The van der Waals surface area contributed by atoms with E-state index in [0.29, 0.717) is 0 Å². The lowest BCUT2D eigenvalue weighted by molar-refractivity contribution is 1.13. The van der Waals surface area contributed by atoms with Crippen LogP contribution in [0.15, 0.2) is 146 Å². The van der Waals surface area contributed by atoms with Gasteiger partial charge in [0.05, 0.1) is 11.0 Å². The lowest BCUT2D eigenvalue weighted by Gasteiger charge is -2.26. The van der Waals surface area contributed by atoms with Crippen molar-refractivity contribution in [3.05, 3.63) is 168 Å². The van der Waals surface area contributed by atoms with Gasteiger partial charge in [0.25, 0.3) is 0 Å². The van der Waals surface area contributed by atoms with Crippen LogP contribution in [-0.2, 0) is 12.8 Å². The van der Waals surface area contributed by atoms with Gasteiger partial charge in [-0.3, -0.25) is 0 Å². The van der Waals surface area contributed by atoms with Crippen LogP contribution in [0, 0.1) is 0 Å². The first-order chi connectivity index (χ1) is 21.7. The van der Waals surface area contributed by atoms with E-state index in [9.17, 15) is 0 Å². The zero-order chi connectivity index (χ0) is 29.9. The molecule has 0 radical (unpaired) electrons. The molecule has 2 heteroatoms. The highest BCUT2D eigenvalue weighted by molar-refractivity contribution is 6.09. The lowest BCUT2D eigenvalue weighted by Crippen LogP contribution is -2.10. The average molecular weight is 569 g/mol. The number of anilines is 3. The summed E-state index contributed by atoms with van der Waals surface area (Å²) in [6.45, 7) is 4.45. The fourth-order valence-corrected chi connectivity index (χ4v) is 6.10. The Morgan fingerprint density at radius 1 is 0.477 bits per heavy atom. The molecule has 44 heavy (non-hydrogen) atoms. The number of hydrogen-bond acceptors (Lipinski definition) is 1. The molecule has 0 aliphatic rings. The number of para-hydroxylation sites is 1. The van der Waals surface area contributed by atoms with Crippen molar-refractivity contribution >= 4 is 51.0 Å². The number of benzene rings is 6. The molecule has 7 rings (SSSR count). The molecular formula is C42H36N2. The lowest BCUT2D eigenvalue weighted by atomic mass is 10.1. The molecule has 0 atom stereocenters. The van der Waals surface area contributed by atoms with Crippen molar-refractivity contribution in [1.82, 2.24) is 4.57 Å². The van der Waals surface area contributed by atoms with Crippen LogP contribution >= 0.6 is 0 Å². The Morgan fingerprint density at radius 2 is 0.932 bits per heavy atom. The third-order valence-electron chi connectivity index (χ3n) is 8.51. The Hall–Kier alpha value is -5.34. The molecule has 0 unspecified atom stereocenters. The number of fused-ring (bicyclic) bond motifs is 3. The van der Waals surface area contributed by atoms with Crippen LogP contribution in [0.3, 0.4) is 0 Å². The smallest absolute Gasteiger partial charge is 0.0541 e. The number of hydrogen-bond donors (Lipinski definition) is 0. The Balaban J connectivity index is 1.28. The van der Waals surface area contributed by atoms with Crippen molar-refractivity contribution in [2.75, 3.05) is 4.90 Å². The van der Waals surface area contributed by atoms with Gasteiger partial charge in [-0.25, -0.2) is 0 Å². The first-order valence-corrected chi connectivity index (χ1v) is 15.6. The first kappa shape index (κ1) is 27.5.